The van der Waals surface area contributed by atoms with Crippen molar-refractivity contribution in [1.82, 2.24) is 25.3 Å². The number of amides is 5. The molecule has 0 spiro atoms. The standard InChI is InChI=1S/C14H23N5O7/c1-17(9-20)6-10(21)15-4-12(23)19(3)8-13(24)18(2)7-11(22)16-5-14(25)26/h9H,4-8H2,1-3H3,(H,15,21)(H,16,22)(H,25,26). The molecule has 0 atom stereocenters. The highest BCUT2D eigenvalue weighted by molar-refractivity contribution is 5.90. The summed E-state index contributed by atoms with van der Waals surface area (Å²) in [6.45, 7) is -1.79. The van der Waals surface area contributed by atoms with E-state index < -0.39 is 36.1 Å². The van der Waals surface area contributed by atoms with E-state index in [0.29, 0.717) is 6.41 Å². The van der Waals surface area contributed by atoms with Crippen molar-refractivity contribution in [1.29, 1.82) is 0 Å². The number of carboxylic acid groups (broad SMARTS) is 1. The van der Waals surface area contributed by atoms with Crippen LogP contribution in [0.1, 0.15) is 0 Å². The zero-order valence-corrected chi connectivity index (χ0v) is 14.9. The minimum Gasteiger partial charge on any atom is -0.480 e. The molecular weight excluding hydrogens is 350 g/mol. The second-order valence-electron chi connectivity index (χ2n) is 5.47. The number of hydrogen-bond donors (Lipinski definition) is 3. The molecule has 0 saturated carbocycles. The average Bonchev–Trinajstić information content (AvgIpc) is 2.57. The summed E-state index contributed by atoms with van der Waals surface area (Å²) in [5, 5.41) is 12.9. The Kier molecular flexibility index (Phi) is 9.99. The summed E-state index contributed by atoms with van der Waals surface area (Å²) in [5.41, 5.74) is 0. The topological polar surface area (TPSA) is 156 Å². The third-order valence-corrected chi connectivity index (χ3v) is 3.05. The van der Waals surface area contributed by atoms with Crippen LogP contribution in [0.3, 0.4) is 0 Å². The number of carbonyl (C=O) groups excluding carboxylic acids is 5. The maximum Gasteiger partial charge on any atom is 0.322 e. The molecule has 0 aromatic rings. The summed E-state index contributed by atoms with van der Waals surface area (Å²) < 4.78 is 0. The van der Waals surface area contributed by atoms with Crippen molar-refractivity contribution in [2.45, 2.75) is 0 Å². The molecule has 0 fully saturated rings. The predicted molar refractivity (Wildman–Crippen MR) is 87.6 cm³/mol. The molecule has 0 rings (SSSR count). The van der Waals surface area contributed by atoms with E-state index in [2.05, 4.69) is 10.6 Å². The molecular formula is C14H23N5O7. The first-order valence-electron chi connectivity index (χ1n) is 7.45. The fourth-order valence-corrected chi connectivity index (χ4v) is 1.57. The maximum absolute atomic E-state index is 12.0. The third-order valence-electron chi connectivity index (χ3n) is 3.05. The van der Waals surface area contributed by atoms with Gasteiger partial charge in [0, 0.05) is 21.1 Å². The Hall–Kier alpha value is -3.18. The van der Waals surface area contributed by atoms with Gasteiger partial charge in [0.1, 0.15) is 6.54 Å². The molecule has 0 aliphatic heterocycles. The van der Waals surface area contributed by atoms with Gasteiger partial charge in [-0.25, -0.2) is 0 Å². The average molecular weight is 373 g/mol. The molecule has 0 bridgehead atoms. The van der Waals surface area contributed by atoms with E-state index in [0.717, 1.165) is 14.7 Å². The summed E-state index contributed by atoms with van der Waals surface area (Å²) in [7, 11) is 4.09. The minimum atomic E-state index is -1.21. The van der Waals surface area contributed by atoms with Crippen LogP contribution in [0.25, 0.3) is 0 Å². The first-order chi connectivity index (χ1) is 12.1. The second-order valence-corrected chi connectivity index (χ2v) is 5.47. The predicted octanol–water partition coefficient (Wildman–Crippen LogP) is -3.69. The molecule has 26 heavy (non-hydrogen) atoms. The number of rotatable bonds is 11. The molecule has 5 amide bonds. The fourth-order valence-electron chi connectivity index (χ4n) is 1.57. The summed E-state index contributed by atoms with van der Waals surface area (Å²) in [5.74, 6) is -3.47. The van der Waals surface area contributed by atoms with Crippen LogP contribution in [0.15, 0.2) is 0 Å². The maximum atomic E-state index is 12.0. The highest BCUT2D eigenvalue weighted by Gasteiger charge is 2.18. The van der Waals surface area contributed by atoms with Crippen LogP contribution in [-0.4, -0.2) is 110 Å². The van der Waals surface area contributed by atoms with Crippen LogP contribution >= 0.6 is 0 Å². The van der Waals surface area contributed by atoms with Crippen LogP contribution in [0.2, 0.25) is 0 Å². The van der Waals surface area contributed by atoms with Crippen molar-refractivity contribution in [2.24, 2.45) is 0 Å². The van der Waals surface area contributed by atoms with Gasteiger partial charge in [0.05, 0.1) is 26.2 Å². The monoisotopic (exact) mass is 373 g/mol. The van der Waals surface area contributed by atoms with Crippen molar-refractivity contribution in [3.05, 3.63) is 0 Å². The van der Waals surface area contributed by atoms with E-state index in [4.69, 9.17) is 5.11 Å². The van der Waals surface area contributed by atoms with E-state index in [9.17, 15) is 28.8 Å². The lowest BCUT2D eigenvalue weighted by molar-refractivity contribution is -0.141. The summed E-state index contributed by atoms with van der Waals surface area (Å²) in [6, 6.07) is 0. The molecule has 0 heterocycles. The normalized spacial score (nSPS) is 9.65. The van der Waals surface area contributed by atoms with Gasteiger partial charge in [-0.1, -0.05) is 0 Å². The Labute approximate surface area is 150 Å². The SMILES string of the molecule is CN(C=O)CC(=O)NCC(=O)N(C)CC(=O)N(C)CC(=O)NCC(=O)O. The quantitative estimate of drug-likeness (QED) is 0.315. The van der Waals surface area contributed by atoms with Crippen molar-refractivity contribution < 1.29 is 33.9 Å². The Balaban J connectivity index is 4.28. The number of carboxylic acids is 1. The number of hydrogen-bond acceptors (Lipinski definition) is 6. The van der Waals surface area contributed by atoms with Gasteiger partial charge in [-0.3, -0.25) is 28.8 Å². The van der Waals surface area contributed by atoms with Crippen LogP contribution < -0.4 is 10.6 Å². The molecule has 0 aliphatic rings. The smallest absolute Gasteiger partial charge is 0.322 e. The molecule has 0 aliphatic carbocycles. The Morgan fingerprint density at radius 1 is 0.808 bits per heavy atom. The van der Waals surface area contributed by atoms with Gasteiger partial charge < -0.3 is 30.4 Å². The molecule has 0 saturated heterocycles. The molecule has 0 aromatic heterocycles. The van der Waals surface area contributed by atoms with Crippen molar-refractivity contribution in [2.75, 3.05) is 53.9 Å². The largest absolute Gasteiger partial charge is 0.480 e. The van der Waals surface area contributed by atoms with Gasteiger partial charge in [-0.15, -0.1) is 0 Å². The van der Waals surface area contributed by atoms with Crippen molar-refractivity contribution in [3.8, 4) is 0 Å². The molecule has 0 radical (unpaired) electrons. The lowest BCUT2D eigenvalue weighted by Gasteiger charge is -2.22. The molecule has 12 nitrogen and oxygen atoms in total. The fraction of sp³-hybridized carbons (Fsp3) is 0.571. The lowest BCUT2D eigenvalue weighted by atomic mass is 10.4. The van der Waals surface area contributed by atoms with E-state index in [1.165, 1.54) is 21.1 Å². The second kappa shape index (κ2) is 11.4. The summed E-state index contributed by atoms with van der Waals surface area (Å²) in [6.07, 6.45) is 0.467. The summed E-state index contributed by atoms with van der Waals surface area (Å²) in [4.78, 5) is 70.7. The Morgan fingerprint density at radius 2 is 1.31 bits per heavy atom. The summed E-state index contributed by atoms with van der Waals surface area (Å²) >= 11 is 0. The third kappa shape index (κ3) is 9.85. The van der Waals surface area contributed by atoms with Crippen molar-refractivity contribution in [3.63, 3.8) is 0 Å². The van der Waals surface area contributed by atoms with Gasteiger partial charge in [0.15, 0.2) is 0 Å². The van der Waals surface area contributed by atoms with Crippen LogP contribution in [0.5, 0.6) is 0 Å². The van der Waals surface area contributed by atoms with E-state index in [-0.39, 0.29) is 26.2 Å². The van der Waals surface area contributed by atoms with Crippen LogP contribution in [0, 0.1) is 0 Å². The highest BCUT2D eigenvalue weighted by atomic mass is 16.4. The molecule has 146 valence electrons. The molecule has 0 unspecified atom stereocenters. The van der Waals surface area contributed by atoms with E-state index in [1.807, 2.05) is 0 Å². The minimum absolute atomic E-state index is 0.201. The van der Waals surface area contributed by atoms with Gasteiger partial charge in [-0.2, -0.15) is 0 Å². The highest BCUT2D eigenvalue weighted by Crippen LogP contribution is 1.91. The number of nitrogens with zero attached hydrogens (tertiary/aromatic N) is 3. The molecule has 3 N–H and O–H groups in total. The van der Waals surface area contributed by atoms with Crippen LogP contribution in [-0.2, 0) is 28.8 Å². The van der Waals surface area contributed by atoms with Crippen LogP contribution in [0.4, 0.5) is 0 Å². The number of aliphatic carboxylic acids is 1. The zero-order valence-electron chi connectivity index (χ0n) is 14.9. The Morgan fingerprint density at radius 3 is 1.85 bits per heavy atom. The Bertz CT molecular complexity index is 566. The van der Waals surface area contributed by atoms with Gasteiger partial charge in [-0.05, 0) is 0 Å². The van der Waals surface area contributed by atoms with Crippen molar-refractivity contribution >= 4 is 36.0 Å². The van der Waals surface area contributed by atoms with E-state index >= 15 is 0 Å². The van der Waals surface area contributed by atoms with E-state index in [1.54, 1.807) is 0 Å². The first kappa shape index (κ1) is 22.8. The number of carbonyl (C=O) groups is 6. The van der Waals surface area contributed by atoms with Gasteiger partial charge in [0.25, 0.3) is 0 Å². The lowest BCUT2D eigenvalue weighted by Crippen LogP contribution is -2.46. The number of likely N-dealkylation sites (N-methyl/N-ethyl adjacent to an activating group) is 3. The first-order valence-corrected chi connectivity index (χ1v) is 7.45. The zero-order chi connectivity index (χ0) is 20.3. The van der Waals surface area contributed by atoms with Gasteiger partial charge >= 0.3 is 5.97 Å². The molecule has 0 aromatic carbocycles. The number of nitrogens with one attached hydrogen (secondary N) is 2. The van der Waals surface area contributed by atoms with Gasteiger partial charge in [0.2, 0.25) is 30.0 Å². The molecule has 12 heteroatoms.